The number of aromatic amines is 1. The molecule has 10 heteroatoms. The Labute approximate surface area is 154 Å². The summed E-state index contributed by atoms with van der Waals surface area (Å²) in [5.41, 5.74) is 1.24. The predicted octanol–water partition coefficient (Wildman–Crippen LogP) is 3.75. The van der Waals surface area contributed by atoms with Crippen LogP contribution in [0.1, 0.15) is 5.56 Å². The van der Waals surface area contributed by atoms with E-state index in [9.17, 15) is 18.5 Å². The highest BCUT2D eigenvalue weighted by atomic mass is 35.5. The van der Waals surface area contributed by atoms with E-state index < -0.39 is 14.9 Å². The summed E-state index contributed by atoms with van der Waals surface area (Å²) in [7, 11) is -4.07. The van der Waals surface area contributed by atoms with E-state index in [1.165, 1.54) is 18.3 Å². The van der Waals surface area contributed by atoms with Gasteiger partial charge in [0.1, 0.15) is 5.82 Å². The van der Waals surface area contributed by atoms with Gasteiger partial charge in [0.15, 0.2) is 0 Å². The van der Waals surface area contributed by atoms with Crippen molar-refractivity contribution >= 4 is 33.1 Å². The first-order chi connectivity index (χ1) is 12.3. The Morgan fingerprint density at radius 1 is 1.23 bits per heavy atom. The van der Waals surface area contributed by atoms with Gasteiger partial charge >= 0.3 is 0 Å². The normalized spacial score (nSPS) is 11.3. The van der Waals surface area contributed by atoms with Crippen LogP contribution in [0.2, 0.25) is 5.02 Å². The van der Waals surface area contributed by atoms with Crippen molar-refractivity contribution in [2.75, 3.05) is 4.72 Å². The lowest BCUT2D eigenvalue weighted by Gasteiger charge is -2.10. The zero-order chi connectivity index (χ0) is 18.9. The summed E-state index contributed by atoms with van der Waals surface area (Å²) in [5, 5.41) is 17.9. The van der Waals surface area contributed by atoms with Gasteiger partial charge < -0.3 is 0 Å². The highest BCUT2D eigenvalue weighted by molar-refractivity contribution is 7.92. The molecule has 1 aromatic heterocycles. The average Bonchev–Trinajstić information content (AvgIpc) is 3.02. The minimum absolute atomic E-state index is 0.137. The van der Waals surface area contributed by atoms with E-state index in [4.69, 9.17) is 11.6 Å². The molecule has 0 saturated carbocycles. The van der Waals surface area contributed by atoms with Crippen LogP contribution in [0.3, 0.4) is 0 Å². The van der Waals surface area contributed by atoms with E-state index in [0.717, 1.165) is 6.07 Å². The van der Waals surface area contributed by atoms with Crippen LogP contribution >= 0.6 is 11.6 Å². The lowest BCUT2D eigenvalue weighted by Crippen LogP contribution is -2.15. The maximum Gasteiger partial charge on any atom is 0.270 e. The van der Waals surface area contributed by atoms with Gasteiger partial charge in [0, 0.05) is 22.7 Å². The monoisotopic (exact) mass is 392 g/mol. The number of hydrogen-bond acceptors (Lipinski definition) is 5. The van der Waals surface area contributed by atoms with Gasteiger partial charge in [0.2, 0.25) is 0 Å². The van der Waals surface area contributed by atoms with Gasteiger partial charge in [-0.1, -0.05) is 29.8 Å². The first-order valence-electron chi connectivity index (χ1n) is 7.35. The molecule has 1 heterocycles. The van der Waals surface area contributed by atoms with Crippen LogP contribution < -0.4 is 4.72 Å². The van der Waals surface area contributed by atoms with Crippen LogP contribution in [0.5, 0.6) is 0 Å². The topological polar surface area (TPSA) is 118 Å². The summed E-state index contributed by atoms with van der Waals surface area (Å²) in [6.07, 6.45) is 1.46. The maximum atomic E-state index is 12.7. The quantitative estimate of drug-likeness (QED) is 0.506. The molecule has 0 bridgehead atoms. The van der Waals surface area contributed by atoms with Crippen molar-refractivity contribution in [2.24, 2.45) is 0 Å². The molecule has 134 valence electrons. The van der Waals surface area contributed by atoms with E-state index >= 15 is 0 Å². The van der Waals surface area contributed by atoms with Crippen molar-refractivity contribution in [3.8, 4) is 11.1 Å². The molecule has 3 aromatic rings. The Morgan fingerprint density at radius 3 is 2.69 bits per heavy atom. The van der Waals surface area contributed by atoms with Crippen LogP contribution in [0.25, 0.3) is 11.1 Å². The lowest BCUT2D eigenvalue weighted by atomic mass is 10.1. The van der Waals surface area contributed by atoms with Crippen molar-refractivity contribution < 1.29 is 13.3 Å². The van der Waals surface area contributed by atoms with Crippen LogP contribution in [-0.4, -0.2) is 23.5 Å². The predicted molar refractivity (Wildman–Crippen MR) is 97.7 cm³/mol. The Balaban J connectivity index is 2.01. The summed E-state index contributed by atoms with van der Waals surface area (Å²) in [6, 6.07) is 10.5. The number of rotatable bonds is 5. The van der Waals surface area contributed by atoms with Crippen LogP contribution in [-0.2, 0) is 10.0 Å². The molecule has 0 fully saturated rings. The number of aryl methyl sites for hydroxylation is 1. The molecule has 2 aromatic carbocycles. The molecule has 0 aliphatic heterocycles. The zero-order valence-corrected chi connectivity index (χ0v) is 15.0. The van der Waals surface area contributed by atoms with Gasteiger partial charge in [-0.3, -0.25) is 19.9 Å². The first kappa shape index (κ1) is 17.9. The molecule has 0 atom stereocenters. The number of halogens is 1. The van der Waals surface area contributed by atoms with Gasteiger partial charge in [-0.2, -0.15) is 5.10 Å². The maximum absolute atomic E-state index is 12.7. The summed E-state index contributed by atoms with van der Waals surface area (Å²) in [4.78, 5) is 10.1. The number of benzene rings is 2. The number of H-pyrrole nitrogens is 1. The Morgan fingerprint density at radius 2 is 2.00 bits per heavy atom. The fourth-order valence-corrected chi connectivity index (χ4v) is 3.91. The molecule has 0 unspecified atom stereocenters. The molecule has 0 saturated heterocycles. The number of nitro groups is 1. The molecule has 26 heavy (non-hydrogen) atoms. The van der Waals surface area contributed by atoms with Crippen LogP contribution in [0.4, 0.5) is 11.5 Å². The number of nitrogens with zero attached hydrogens (tertiary/aromatic N) is 2. The van der Waals surface area contributed by atoms with Gasteiger partial charge in [-0.15, -0.1) is 0 Å². The number of anilines is 1. The fraction of sp³-hybridized carbons (Fsp3) is 0.0625. The van der Waals surface area contributed by atoms with Gasteiger partial charge in [0.25, 0.3) is 15.7 Å². The molecule has 3 rings (SSSR count). The molecule has 8 nitrogen and oxygen atoms in total. The van der Waals surface area contributed by atoms with E-state index in [2.05, 4.69) is 14.9 Å². The van der Waals surface area contributed by atoms with E-state index in [1.807, 2.05) is 0 Å². The summed E-state index contributed by atoms with van der Waals surface area (Å²) >= 11 is 5.98. The molecule has 0 radical (unpaired) electrons. The van der Waals surface area contributed by atoms with Gasteiger partial charge in [-0.25, -0.2) is 8.42 Å². The van der Waals surface area contributed by atoms with Crippen molar-refractivity contribution in [3.63, 3.8) is 0 Å². The number of aromatic nitrogens is 2. The summed E-state index contributed by atoms with van der Waals surface area (Å²) in [6.45, 7) is 1.56. The highest BCUT2D eigenvalue weighted by Crippen LogP contribution is 2.30. The summed E-state index contributed by atoms with van der Waals surface area (Å²) in [5.74, 6) is 0.137. The second-order valence-electron chi connectivity index (χ2n) is 5.48. The number of nitrogens with one attached hydrogen (secondary N) is 2. The smallest absolute Gasteiger partial charge is 0.263 e. The number of sulfonamides is 1. The Kier molecular flexibility index (Phi) is 4.66. The van der Waals surface area contributed by atoms with Gasteiger partial charge in [-0.05, 0) is 30.2 Å². The van der Waals surface area contributed by atoms with Crippen LogP contribution in [0.15, 0.2) is 53.6 Å². The molecule has 0 aliphatic rings. The zero-order valence-electron chi connectivity index (χ0n) is 13.4. The molecule has 0 amide bonds. The van der Waals surface area contributed by atoms with Gasteiger partial charge in [0.05, 0.1) is 16.0 Å². The largest absolute Gasteiger partial charge is 0.270 e. The molecule has 2 N–H and O–H groups in total. The van der Waals surface area contributed by atoms with Crippen molar-refractivity contribution in [1.82, 2.24) is 10.2 Å². The highest BCUT2D eigenvalue weighted by Gasteiger charge is 2.22. The lowest BCUT2D eigenvalue weighted by molar-refractivity contribution is -0.385. The second kappa shape index (κ2) is 6.77. The molecular weight excluding hydrogens is 380 g/mol. The third-order valence-corrected chi connectivity index (χ3v) is 5.41. The van der Waals surface area contributed by atoms with E-state index in [1.54, 1.807) is 31.2 Å². The minimum atomic E-state index is -4.07. The minimum Gasteiger partial charge on any atom is -0.263 e. The van der Waals surface area contributed by atoms with Crippen LogP contribution in [0, 0.1) is 17.0 Å². The number of nitro benzene ring substituents is 1. The molecular formula is C16H13ClN4O4S. The number of non-ortho nitro benzene ring substituents is 1. The SMILES string of the molecule is Cc1ccc([N+](=O)[O-])cc1S(=O)(=O)Nc1[nH]ncc1-c1cccc(Cl)c1. The Bertz CT molecular complexity index is 1100. The molecule has 0 spiro atoms. The summed E-state index contributed by atoms with van der Waals surface area (Å²) < 4.78 is 27.9. The van der Waals surface area contributed by atoms with Crippen molar-refractivity contribution in [3.05, 3.63) is 69.4 Å². The standard InChI is InChI=1S/C16H13ClN4O4S/c1-10-5-6-13(21(22)23)8-15(10)26(24,25)20-16-14(9-18-19-16)11-3-2-4-12(17)7-11/h2-9H,1H3,(H2,18,19,20). The third-order valence-electron chi connectivity index (χ3n) is 3.68. The first-order valence-corrected chi connectivity index (χ1v) is 9.21. The Hall–Kier alpha value is -2.91. The van der Waals surface area contributed by atoms with Crippen molar-refractivity contribution in [1.29, 1.82) is 0 Å². The second-order valence-corrected chi connectivity index (χ2v) is 7.57. The van der Waals surface area contributed by atoms with E-state index in [-0.39, 0.29) is 16.4 Å². The van der Waals surface area contributed by atoms with E-state index in [0.29, 0.717) is 21.7 Å². The fourth-order valence-electron chi connectivity index (χ4n) is 2.42. The average molecular weight is 393 g/mol. The third kappa shape index (κ3) is 3.53. The van der Waals surface area contributed by atoms with Crippen molar-refractivity contribution in [2.45, 2.75) is 11.8 Å². The number of hydrogen-bond donors (Lipinski definition) is 2. The molecule has 0 aliphatic carbocycles.